The minimum atomic E-state index is 0.454. The fourth-order valence-corrected chi connectivity index (χ4v) is 2.40. The molecule has 5 heteroatoms. The zero-order valence-electron chi connectivity index (χ0n) is 11.1. The third kappa shape index (κ3) is 2.59. The fourth-order valence-electron chi connectivity index (χ4n) is 2.40. The minimum Gasteiger partial charge on any atom is -0.301 e. The molecule has 2 rings (SSSR count). The molecule has 0 aliphatic carbocycles. The first-order chi connectivity index (χ1) is 8.61. The van der Waals surface area contributed by atoms with E-state index in [0.717, 1.165) is 0 Å². The van der Waals surface area contributed by atoms with Gasteiger partial charge in [0.1, 0.15) is 17.5 Å². The second kappa shape index (κ2) is 5.32. The average Bonchev–Trinajstić information content (AvgIpc) is 2.34. The SMILES string of the molecule is Cc1ncc(C#N)c(NN2C(C)CCCC2C)n1. The summed E-state index contributed by atoms with van der Waals surface area (Å²) in [5.74, 6) is 1.29. The molecule has 2 atom stereocenters. The highest BCUT2D eigenvalue weighted by atomic mass is 15.5. The molecule has 1 aliphatic heterocycles. The molecule has 0 saturated carbocycles. The smallest absolute Gasteiger partial charge is 0.162 e. The van der Waals surface area contributed by atoms with Crippen LogP contribution in [0.5, 0.6) is 0 Å². The van der Waals surface area contributed by atoms with Crippen molar-refractivity contribution in [1.29, 1.82) is 5.26 Å². The maximum atomic E-state index is 9.08. The Morgan fingerprint density at radius 3 is 2.67 bits per heavy atom. The monoisotopic (exact) mass is 245 g/mol. The van der Waals surface area contributed by atoms with Crippen LogP contribution in [0.15, 0.2) is 6.20 Å². The van der Waals surface area contributed by atoms with Gasteiger partial charge in [-0.05, 0) is 33.6 Å². The van der Waals surface area contributed by atoms with Gasteiger partial charge in [0, 0.05) is 12.1 Å². The summed E-state index contributed by atoms with van der Waals surface area (Å²) < 4.78 is 0. The van der Waals surface area contributed by atoms with Gasteiger partial charge in [-0.2, -0.15) is 5.26 Å². The van der Waals surface area contributed by atoms with E-state index in [4.69, 9.17) is 5.26 Å². The standard InChI is InChI=1S/C13H19N5/c1-9-5-4-6-10(2)18(9)17-13-12(7-14)8-15-11(3)16-13/h8-10H,4-6H2,1-3H3,(H,15,16,17). The molecule has 1 aliphatic rings. The minimum absolute atomic E-state index is 0.454. The first kappa shape index (κ1) is 12.8. The molecular weight excluding hydrogens is 226 g/mol. The van der Waals surface area contributed by atoms with Crippen molar-refractivity contribution in [3.05, 3.63) is 17.6 Å². The summed E-state index contributed by atoms with van der Waals surface area (Å²) in [5.41, 5.74) is 3.79. The maximum Gasteiger partial charge on any atom is 0.162 e. The lowest BCUT2D eigenvalue weighted by Crippen LogP contribution is -2.47. The molecule has 0 radical (unpaired) electrons. The number of hydrogen-bond donors (Lipinski definition) is 1. The predicted molar refractivity (Wildman–Crippen MR) is 69.7 cm³/mol. The molecule has 18 heavy (non-hydrogen) atoms. The quantitative estimate of drug-likeness (QED) is 0.865. The van der Waals surface area contributed by atoms with E-state index in [1.807, 2.05) is 6.92 Å². The summed E-state index contributed by atoms with van der Waals surface area (Å²) in [6.45, 7) is 6.22. The van der Waals surface area contributed by atoms with Crippen LogP contribution in [0.25, 0.3) is 0 Å². The van der Waals surface area contributed by atoms with E-state index >= 15 is 0 Å². The first-order valence-electron chi connectivity index (χ1n) is 6.40. The molecule has 1 fully saturated rings. The number of hydrogen-bond acceptors (Lipinski definition) is 5. The number of nitriles is 1. The molecule has 1 saturated heterocycles. The van der Waals surface area contributed by atoms with Gasteiger partial charge in [-0.15, -0.1) is 0 Å². The van der Waals surface area contributed by atoms with E-state index in [-0.39, 0.29) is 0 Å². The number of hydrazine groups is 1. The second-order valence-electron chi connectivity index (χ2n) is 4.94. The highest BCUT2D eigenvalue weighted by Gasteiger charge is 2.25. The Bertz CT molecular complexity index is 455. The lowest BCUT2D eigenvalue weighted by atomic mass is 10.00. The molecule has 1 aromatic rings. The van der Waals surface area contributed by atoms with Crippen LogP contribution >= 0.6 is 0 Å². The van der Waals surface area contributed by atoms with Gasteiger partial charge in [0.2, 0.25) is 0 Å². The highest BCUT2D eigenvalue weighted by Crippen LogP contribution is 2.23. The predicted octanol–water partition coefficient (Wildman–Crippen LogP) is 2.25. The third-order valence-corrected chi connectivity index (χ3v) is 3.46. The van der Waals surface area contributed by atoms with Crippen molar-refractivity contribution in [3.8, 4) is 6.07 Å². The van der Waals surface area contributed by atoms with E-state index in [0.29, 0.717) is 29.3 Å². The average molecular weight is 245 g/mol. The topological polar surface area (TPSA) is 64.8 Å². The van der Waals surface area contributed by atoms with E-state index in [2.05, 4.69) is 40.3 Å². The molecule has 0 spiro atoms. The van der Waals surface area contributed by atoms with Crippen molar-refractivity contribution >= 4 is 5.82 Å². The summed E-state index contributed by atoms with van der Waals surface area (Å²) in [6.07, 6.45) is 5.17. The van der Waals surface area contributed by atoms with Crippen LogP contribution < -0.4 is 5.43 Å². The highest BCUT2D eigenvalue weighted by molar-refractivity contribution is 5.49. The van der Waals surface area contributed by atoms with Gasteiger partial charge in [-0.1, -0.05) is 6.42 Å². The number of nitrogens with one attached hydrogen (secondary N) is 1. The number of rotatable bonds is 2. The lowest BCUT2D eigenvalue weighted by molar-refractivity contribution is 0.135. The molecule has 0 amide bonds. The van der Waals surface area contributed by atoms with Crippen LogP contribution in [0.3, 0.4) is 0 Å². The number of piperidine rings is 1. The first-order valence-corrected chi connectivity index (χ1v) is 6.40. The zero-order chi connectivity index (χ0) is 13.1. The van der Waals surface area contributed by atoms with Gasteiger partial charge < -0.3 is 5.43 Å². The second-order valence-corrected chi connectivity index (χ2v) is 4.94. The lowest BCUT2D eigenvalue weighted by Gasteiger charge is -2.39. The van der Waals surface area contributed by atoms with Gasteiger partial charge in [-0.25, -0.2) is 15.0 Å². The normalized spacial score (nSPS) is 24.6. The Kier molecular flexibility index (Phi) is 3.78. The Balaban J connectivity index is 2.22. The summed E-state index contributed by atoms with van der Waals surface area (Å²) >= 11 is 0. The van der Waals surface area contributed by atoms with Gasteiger partial charge in [0.25, 0.3) is 0 Å². The Morgan fingerprint density at radius 2 is 2.06 bits per heavy atom. The fraction of sp³-hybridized carbons (Fsp3) is 0.615. The molecule has 2 unspecified atom stereocenters. The summed E-state index contributed by atoms with van der Waals surface area (Å²) in [5, 5.41) is 11.3. The summed E-state index contributed by atoms with van der Waals surface area (Å²) in [6, 6.07) is 3.04. The summed E-state index contributed by atoms with van der Waals surface area (Å²) in [4.78, 5) is 8.37. The Morgan fingerprint density at radius 1 is 1.39 bits per heavy atom. The molecule has 96 valence electrons. The number of nitrogens with zero attached hydrogens (tertiary/aromatic N) is 4. The van der Waals surface area contributed by atoms with Gasteiger partial charge >= 0.3 is 0 Å². The molecule has 0 aromatic carbocycles. The van der Waals surface area contributed by atoms with E-state index < -0.39 is 0 Å². The van der Waals surface area contributed by atoms with Crippen LogP contribution in [0.4, 0.5) is 5.82 Å². The van der Waals surface area contributed by atoms with Crippen LogP contribution in [-0.2, 0) is 0 Å². The largest absolute Gasteiger partial charge is 0.301 e. The van der Waals surface area contributed by atoms with Gasteiger partial charge in [0.15, 0.2) is 5.82 Å². The van der Waals surface area contributed by atoms with Crippen LogP contribution in [0.1, 0.15) is 44.5 Å². The number of aryl methyl sites for hydroxylation is 1. The maximum absolute atomic E-state index is 9.08. The number of anilines is 1. The Hall–Kier alpha value is -1.67. The third-order valence-electron chi connectivity index (χ3n) is 3.46. The van der Waals surface area contributed by atoms with Crippen molar-refractivity contribution in [2.45, 2.75) is 52.1 Å². The van der Waals surface area contributed by atoms with Gasteiger partial charge in [-0.3, -0.25) is 0 Å². The van der Waals surface area contributed by atoms with Crippen LogP contribution in [0, 0.1) is 18.3 Å². The Labute approximate surface area is 108 Å². The van der Waals surface area contributed by atoms with Gasteiger partial charge in [0.05, 0.1) is 6.20 Å². The van der Waals surface area contributed by atoms with Crippen molar-refractivity contribution in [2.24, 2.45) is 0 Å². The summed E-state index contributed by atoms with van der Waals surface area (Å²) in [7, 11) is 0. The van der Waals surface area contributed by atoms with Crippen molar-refractivity contribution in [3.63, 3.8) is 0 Å². The number of aromatic nitrogens is 2. The molecule has 0 bridgehead atoms. The molecule has 5 nitrogen and oxygen atoms in total. The van der Waals surface area contributed by atoms with E-state index in [1.165, 1.54) is 19.3 Å². The molecule has 1 aromatic heterocycles. The molecule has 1 N–H and O–H groups in total. The van der Waals surface area contributed by atoms with Crippen LogP contribution in [0.2, 0.25) is 0 Å². The molecular formula is C13H19N5. The van der Waals surface area contributed by atoms with Crippen molar-refractivity contribution < 1.29 is 0 Å². The van der Waals surface area contributed by atoms with Crippen molar-refractivity contribution in [2.75, 3.05) is 5.43 Å². The van der Waals surface area contributed by atoms with Crippen LogP contribution in [-0.4, -0.2) is 27.1 Å². The zero-order valence-corrected chi connectivity index (χ0v) is 11.1. The molecule has 2 heterocycles. The van der Waals surface area contributed by atoms with E-state index in [9.17, 15) is 0 Å². The van der Waals surface area contributed by atoms with E-state index in [1.54, 1.807) is 6.20 Å². The van der Waals surface area contributed by atoms with Crippen molar-refractivity contribution in [1.82, 2.24) is 15.0 Å².